The maximum atomic E-state index is 11.7. The van der Waals surface area contributed by atoms with Gasteiger partial charge in [-0.1, -0.05) is 20.3 Å². The molecule has 0 aromatic heterocycles. The highest BCUT2D eigenvalue weighted by molar-refractivity contribution is 5.85. The third-order valence-electron chi connectivity index (χ3n) is 3.28. The van der Waals surface area contributed by atoms with E-state index in [9.17, 15) is 14.4 Å². The minimum atomic E-state index is -0.168. The quantitative estimate of drug-likeness (QED) is 0.687. The number of hydrogen-bond acceptors (Lipinski definition) is 3. The van der Waals surface area contributed by atoms with E-state index in [2.05, 4.69) is 10.6 Å². The second-order valence-corrected chi connectivity index (χ2v) is 5.42. The summed E-state index contributed by atoms with van der Waals surface area (Å²) in [5.74, 6) is -0.188. The zero-order chi connectivity index (χ0) is 15.0. The predicted molar refractivity (Wildman–Crippen MR) is 75.9 cm³/mol. The molecule has 0 aromatic rings. The van der Waals surface area contributed by atoms with Gasteiger partial charge < -0.3 is 15.5 Å². The van der Waals surface area contributed by atoms with E-state index < -0.39 is 0 Å². The molecule has 1 rings (SSSR count). The van der Waals surface area contributed by atoms with Crippen LogP contribution < -0.4 is 10.6 Å². The Morgan fingerprint density at radius 3 is 2.55 bits per heavy atom. The lowest BCUT2D eigenvalue weighted by Crippen LogP contribution is -2.43. The number of likely N-dealkylation sites (tertiary alicyclic amines) is 1. The fourth-order valence-corrected chi connectivity index (χ4v) is 2.03. The van der Waals surface area contributed by atoms with Gasteiger partial charge in [0.05, 0.1) is 6.54 Å². The van der Waals surface area contributed by atoms with Crippen molar-refractivity contribution in [3.8, 4) is 0 Å². The molecule has 2 N–H and O–H groups in total. The van der Waals surface area contributed by atoms with Gasteiger partial charge in [0, 0.05) is 32.0 Å². The van der Waals surface area contributed by atoms with E-state index in [1.165, 1.54) is 0 Å². The first-order chi connectivity index (χ1) is 9.50. The Morgan fingerprint density at radius 2 is 1.85 bits per heavy atom. The molecule has 1 heterocycles. The van der Waals surface area contributed by atoms with E-state index in [-0.39, 0.29) is 30.2 Å². The lowest BCUT2D eigenvalue weighted by atomic mass is 10.2. The van der Waals surface area contributed by atoms with Gasteiger partial charge in [-0.15, -0.1) is 0 Å². The van der Waals surface area contributed by atoms with Crippen molar-refractivity contribution in [2.75, 3.05) is 26.2 Å². The summed E-state index contributed by atoms with van der Waals surface area (Å²) >= 11 is 0. The smallest absolute Gasteiger partial charge is 0.239 e. The van der Waals surface area contributed by atoms with Crippen LogP contribution in [0.15, 0.2) is 0 Å². The third kappa shape index (κ3) is 6.04. The van der Waals surface area contributed by atoms with Crippen molar-refractivity contribution >= 4 is 17.7 Å². The molecular formula is C14H25N3O3. The van der Waals surface area contributed by atoms with Crippen molar-refractivity contribution in [1.29, 1.82) is 0 Å². The van der Waals surface area contributed by atoms with Gasteiger partial charge >= 0.3 is 0 Å². The van der Waals surface area contributed by atoms with Crippen LogP contribution in [0.25, 0.3) is 0 Å². The third-order valence-corrected chi connectivity index (χ3v) is 3.28. The minimum Gasteiger partial charge on any atom is -0.354 e. The SMILES string of the molecule is CC(C)C(=O)NCCNC(=O)CN1CCCCCC1=O. The van der Waals surface area contributed by atoms with Crippen LogP contribution >= 0.6 is 0 Å². The molecule has 6 nitrogen and oxygen atoms in total. The topological polar surface area (TPSA) is 78.5 Å². The Hall–Kier alpha value is -1.59. The number of rotatable bonds is 6. The molecule has 1 aliphatic heterocycles. The van der Waals surface area contributed by atoms with E-state index in [0.717, 1.165) is 19.3 Å². The van der Waals surface area contributed by atoms with Crippen molar-refractivity contribution in [1.82, 2.24) is 15.5 Å². The molecule has 3 amide bonds. The number of nitrogens with zero attached hydrogens (tertiary/aromatic N) is 1. The normalized spacial score (nSPS) is 15.9. The Bertz CT molecular complexity index is 356. The molecule has 1 fully saturated rings. The molecule has 0 aliphatic carbocycles. The highest BCUT2D eigenvalue weighted by Crippen LogP contribution is 2.10. The Balaban J connectivity index is 2.19. The van der Waals surface area contributed by atoms with E-state index in [4.69, 9.17) is 0 Å². The summed E-state index contributed by atoms with van der Waals surface area (Å²) in [6.45, 7) is 5.22. The van der Waals surface area contributed by atoms with Gasteiger partial charge in [0.25, 0.3) is 0 Å². The van der Waals surface area contributed by atoms with Gasteiger partial charge in [-0.2, -0.15) is 0 Å². The first kappa shape index (κ1) is 16.5. The van der Waals surface area contributed by atoms with E-state index in [1.807, 2.05) is 13.8 Å². The van der Waals surface area contributed by atoms with Crippen LogP contribution in [-0.2, 0) is 14.4 Å². The zero-order valence-electron chi connectivity index (χ0n) is 12.4. The summed E-state index contributed by atoms with van der Waals surface area (Å²) in [6, 6.07) is 0. The van der Waals surface area contributed by atoms with Crippen molar-refractivity contribution in [3.05, 3.63) is 0 Å². The molecule has 20 heavy (non-hydrogen) atoms. The highest BCUT2D eigenvalue weighted by atomic mass is 16.2. The number of carbonyl (C=O) groups is 3. The molecule has 114 valence electrons. The molecule has 0 unspecified atom stereocenters. The first-order valence-corrected chi connectivity index (χ1v) is 7.33. The van der Waals surface area contributed by atoms with Gasteiger partial charge in [0.1, 0.15) is 0 Å². The van der Waals surface area contributed by atoms with Gasteiger partial charge in [0.2, 0.25) is 17.7 Å². The molecule has 6 heteroatoms. The van der Waals surface area contributed by atoms with Gasteiger partial charge in [-0.05, 0) is 12.8 Å². The maximum Gasteiger partial charge on any atom is 0.239 e. The Labute approximate surface area is 120 Å². The second kappa shape index (κ2) is 8.55. The van der Waals surface area contributed by atoms with Crippen LogP contribution in [-0.4, -0.2) is 48.8 Å². The van der Waals surface area contributed by atoms with Crippen LogP contribution in [0, 0.1) is 5.92 Å². The number of hydrogen-bond donors (Lipinski definition) is 2. The fraction of sp³-hybridized carbons (Fsp3) is 0.786. The average Bonchev–Trinajstić information content (AvgIpc) is 2.60. The van der Waals surface area contributed by atoms with Crippen molar-refractivity contribution in [3.63, 3.8) is 0 Å². The summed E-state index contributed by atoms with van der Waals surface area (Å²) in [4.78, 5) is 36.4. The summed E-state index contributed by atoms with van der Waals surface area (Å²) in [5, 5.41) is 5.44. The highest BCUT2D eigenvalue weighted by Gasteiger charge is 2.18. The van der Waals surface area contributed by atoms with E-state index in [0.29, 0.717) is 26.1 Å². The van der Waals surface area contributed by atoms with E-state index in [1.54, 1.807) is 4.90 Å². The molecule has 0 spiro atoms. The van der Waals surface area contributed by atoms with Crippen molar-refractivity contribution in [2.24, 2.45) is 5.92 Å². The van der Waals surface area contributed by atoms with Crippen LogP contribution in [0.5, 0.6) is 0 Å². The molecule has 1 aliphatic rings. The van der Waals surface area contributed by atoms with Crippen LogP contribution in [0.1, 0.15) is 39.5 Å². The van der Waals surface area contributed by atoms with Gasteiger partial charge in [-0.3, -0.25) is 14.4 Å². The van der Waals surface area contributed by atoms with Crippen LogP contribution in [0.4, 0.5) is 0 Å². The molecule has 1 saturated heterocycles. The van der Waals surface area contributed by atoms with Crippen LogP contribution in [0.3, 0.4) is 0 Å². The summed E-state index contributed by atoms with van der Waals surface area (Å²) < 4.78 is 0. The predicted octanol–water partition coefficient (Wildman–Crippen LogP) is 0.277. The lowest BCUT2D eigenvalue weighted by molar-refractivity contribution is -0.135. The van der Waals surface area contributed by atoms with Gasteiger partial charge in [-0.25, -0.2) is 0 Å². The Kier molecular flexibility index (Phi) is 7.04. The zero-order valence-corrected chi connectivity index (χ0v) is 12.4. The molecule has 0 saturated carbocycles. The van der Waals surface area contributed by atoms with Crippen molar-refractivity contribution in [2.45, 2.75) is 39.5 Å². The molecule has 0 atom stereocenters. The number of nitrogens with one attached hydrogen (secondary N) is 2. The molecule has 0 radical (unpaired) electrons. The molecule has 0 bridgehead atoms. The summed E-state index contributed by atoms with van der Waals surface area (Å²) in [6.07, 6.45) is 3.46. The largest absolute Gasteiger partial charge is 0.354 e. The van der Waals surface area contributed by atoms with E-state index >= 15 is 0 Å². The number of amides is 3. The first-order valence-electron chi connectivity index (χ1n) is 7.33. The lowest BCUT2D eigenvalue weighted by Gasteiger charge is -2.19. The monoisotopic (exact) mass is 283 g/mol. The standard InChI is InChI=1S/C14H25N3O3/c1-11(2)14(20)16-8-7-15-12(18)10-17-9-5-3-4-6-13(17)19/h11H,3-10H2,1-2H3,(H,15,18)(H,16,20). The van der Waals surface area contributed by atoms with Crippen molar-refractivity contribution < 1.29 is 14.4 Å². The van der Waals surface area contributed by atoms with Crippen LogP contribution in [0.2, 0.25) is 0 Å². The minimum absolute atomic E-state index is 0.0260. The summed E-state index contributed by atoms with van der Waals surface area (Å²) in [5.41, 5.74) is 0. The second-order valence-electron chi connectivity index (χ2n) is 5.42. The fourth-order valence-electron chi connectivity index (χ4n) is 2.03. The molecule has 0 aromatic carbocycles. The average molecular weight is 283 g/mol. The number of carbonyl (C=O) groups excluding carboxylic acids is 3. The maximum absolute atomic E-state index is 11.7. The molecular weight excluding hydrogens is 258 g/mol. The Morgan fingerprint density at radius 1 is 1.15 bits per heavy atom. The summed E-state index contributed by atoms with van der Waals surface area (Å²) in [7, 11) is 0. The van der Waals surface area contributed by atoms with Gasteiger partial charge in [0.15, 0.2) is 0 Å².